The number of halogens is 2. The smallest absolute Gasteiger partial charge is 0.250 e. The zero-order chi connectivity index (χ0) is 9.30. The maximum absolute atomic E-state index is 10.8. The van der Waals surface area contributed by atoms with Gasteiger partial charge >= 0.3 is 0 Å². The van der Waals surface area contributed by atoms with Crippen LogP contribution < -0.4 is 11.5 Å². The van der Waals surface area contributed by atoms with Crippen LogP contribution in [0, 0.1) is 0 Å². The zero-order valence-electron chi connectivity index (χ0n) is 5.97. The molecule has 0 fully saturated rings. The number of primary amides is 1. The molecular weight excluding hydrogens is 295 g/mol. The first-order valence-electron chi connectivity index (χ1n) is 3.06. The van der Waals surface area contributed by atoms with Crippen LogP contribution >= 0.6 is 31.9 Å². The summed E-state index contributed by atoms with van der Waals surface area (Å²) in [6.07, 6.45) is 0. The number of benzene rings is 1. The molecule has 0 aliphatic rings. The average Bonchev–Trinajstić information content (AvgIpc) is 1.96. The third kappa shape index (κ3) is 1.78. The van der Waals surface area contributed by atoms with E-state index < -0.39 is 5.91 Å². The SMILES string of the molecule is N[13C](=O)[13c]1[13cH][13c](Br)[13cH][13c](Br)[13c]1N. The van der Waals surface area contributed by atoms with Gasteiger partial charge in [-0.3, -0.25) is 4.79 Å². The molecule has 1 rings (SSSR count). The Bertz CT molecular complexity index is 338. The Balaban J connectivity index is 3.37. The molecule has 5 heteroatoms. The molecule has 0 heterocycles. The van der Waals surface area contributed by atoms with E-state index >= 15 is 0 Å². The van der Waals surface area contributed by atoms with E-state index in [1.54, 1.807) is 12.1 Å². The molecule has 0 aromatic heterocycles. The molecule has 4 N–H and O–H groups in total. The quantitative estimate of drug-likeness (QED) is 0.614. The van der Waals surface area contributed by atoms with Gasteiger partial charge in [-0.2, -0.15) is 0 Å². The summed E-state index contributed by atoms with van der Waals surface area (Å²) in [5.74, 6) is -0.533. The van der Waals surface area contributed by atoms with Crippen LogP contribution in [0.4, 0.5) is 5.69 Å². The molecule has 0 radical (unpaired) electrons. The van der Waals surface area contributed by atoms with Crippen LogP contribution in [0.1, 0.15) is 10.4 Å². The van der Waals surface area contributed by atoms with E-state index in [4.69, 9.17) is 11.5 Å². The van der Waals surface area contributed by atoms with Gasteiger partial charge in [-0.25, -0.2) is 0 Å². The van der Waals surface area contributed by atoms with E-state index in [2.05, 4.69) is 31.9 Å². The van der Waals surface area contributed by atoms with Crippen LogP contribution in [-0.2, 0) is 0 Å². The number of anilines is 1. The van der Waals surface area contributed by atoms with E-state index in [-0.39, 0.29) is 0 Å². The van der Waals surface area contributed by atoms with Gasteiger partial charge in [0.1, 0.15) is 0 Å². The lowest BCUT2D eigenvalue weighted by molar-refractivity contribution is 0.100. The van der Waals surface area contributed by atoms with Gasteiger partial charge < -0.3 is 11.5 Å². The number of amides is 1. The molecule has 12 heavy (non-hydrogen) atoms. The van der Waals surface area contributed by atoms with E-state index in [1.807, 2.05) is 0 Å². The molecule has 0 unspecified atom stereocenters. The molecule has 0 spiro atoms. The first-order valence-corrected chi connectivity index (χ1v) is 4.65. The fourth-order valence-electron chi connectivity index (χ4n) is 0.789. The lowest BCUT2D eigenvalue weighted by atomic mass is 11.1. The van der Waals surface area contributed by atoms with Crippen molar-refractivity contribution in [2.45, 2.75) is 0 Å². The summed E-state index contributed by atoms with van der Waals surface area (Å²) in [5.41, 5.74) is 11.4. The molecule has 64 valence electrons. The second-order valence-corrected chi connectivity index (χ2v) is 3.98. The van der Waals surface area contributed by atoms with Gasteiger partial charge in [0.2, 0.25) is 0 Å². The number of nitrogens with two attached hydrogens (primary N) is 2. The van der Waals surface area contributed by atoms with E-state index in [0.717, 1.165) is 4.47 Å². The van der Waals surface area contributed by atoms with E-state index in [1.165, 1.54) is 0 Å². The van der Waals surface area contributed by atoms with Crippen molar-refractivity contribution < 1.29 is 4.79 Å². The molecule has 3 nitrogen and oxygen atoms in total. The molecular formula is C7H6Br2N2O. The Kier molecular flexibility index (Phi) is 2.74. The minimum atomic E-state index is -0.533. The number of hydrogen-bond acceptors (Lipinski definition) is 2. The fraction of sp³-hybridized carbons (Fsp3) is 0. The van der Waals surface area contributed by atoms with Crippen molar-refractivity contribution >= 4 is 43.5 Å². The Morgan fingerprint density at radius 2 is 1.92 bits per heavy atom. The first-order chi connectivity index (χ1) is 5.52. The van der Waals surface area contributed by atoms with Crippen molar-refractivity contribution in [1.29, 1.82) is 0 Å². The van der Waals surface area contributed by atoms with Gasteiger partial charge in [0.05, 0.1) is 11.3 Å². The van der Waals surface area contributed by atoms with Gasteiger partial charge in [0.25, 0.3) is 5.91 Å². The highest BCUT2D eigenvalue weighted by atomic mass is 79.9. The predicted octanol–water partition coefficient (Wildman–Crippen LogP) is 1.89. The summed E-state index contributed by atoms with van der Waals surface area (Å²) in [5, 5.41) is 0. The summed E-state index contributed by atoms with van der Waals surface area (Å²) in [4.78, 5) is 10.8. The fourth-order valence-corrected chi connectivity index (χ4v) is 2.01. The zero-order valence-corrected chi connectivity index (χ0v) is 9.15. The second kappa shape index (κ2) is 3.45. The molecule has 1 amide bonds. The van der Waals surface area contributed by atoms with Crippen molar-refractivity contribution in [3.8, 4) is 0 Å². The molecule has 0 saturated carbocycles. The molecule has 1 aromatic rings. The largest absolute Gasteiger partial charge is 0.397 e. The van der Waals surface area contributed by atoms with Gasteiger partial charge in [-0.15, -0.1) is 0 Å². The highest BCUT2D eigenvalue weighted by Crippen LogP contribution is 2.27. The van der Waals surface area contributed by atoms with Crippen LogP contribution in [0.25, 0.3) is 0 Å². The molecule has 0 saturated heterocycles. The number of rotatable bonds is 1. The highest BCUT2D eigenvalue weighted by molar-refractivity contribution is 9.11. The number of nitrogen functional groups attached to an aromatic ring is 1. The summed E-state index contributed by atoms with van der Waals surface area (Å²) in [7, 11) is 0. The minimum Gasteiger partial charge on any atom is -0.397 e. The number of carbonyl (C=O) groups excluding carboxylic acids is 1. The Labute approximate surface area is 86.4 Å². The van der Waals surface area contributed by atoms with Crippen molar-refractivity contribution in [2.24, 2.45) is 5.73 Å². The third-order valence-corrected chi connectivity index (χ3v) is 2.47. The number of carbonyl (C=O) groups is 1. The molecule has 0 aliphatic carbocycles. The second-order valence-electron chi connectivity index (χ2n) is 2.21. The Morgan fingerprint density at radius 1 is 1.33 bits per heavy atom. The molecule has 1 aromatic carbocycles. The lowest BCUT2D eigenvalue weighted by Gasteiger charge is -2.04. The van der Waals surface area contributed by atoms with E-state index in [9.17, 15) is 4.79 Å². The van der Waals surface area contributed by atoms with Gasteiger partial charge in [0.15, 0.2) is 0 Å². The van der Waals surface area contributed by atoms with Gasteiger partial charge in [-0.05, 0) is 28.1 Å². The predicted molar refractivity (Wildman–Crippen MR) is 54.8 cm³/mol. The standard InChI is InChI=1S/C7H6Br2N2O/c8-3-1-4(7(11)12)6(10)5(9)2-3/h1-2H,10H2,(H2,11,12)/i1+1,2+1,3+1,4+1,5+1,6+1,7+1. The average molecular weight is 301 g/mol. The first kappa shape index (κ1) is 9.54. The monoisotopic (exact) mass is 299 g/mol. The summed E-state index contributed by atoms with van der Waals surface area (Å²) < 4.78 is 1.42. The van der Waals surface area contributed by atoms with Crippen molar-refractivity contribution in [3.63, 3.8) is 0 Å². The molecule has 0 bridgehead atoms. The topological polar surface area (TPSA) is 69.1 Å². The van der Waals surface area contributed by atoms with E-state index in [0.29, 0.717) is 15.7 Å². The summed E-state index contributed by atoms with van der Waals surface area (Å²) in [6, 6.07) is 3.34. The molecule has 0 aliphatic heterocycles. The maximum atomic E-state index is 10.8. The number of hydrogen-bond donors (Lipinski definition) is 2. The minimum absolute atomic E-state index is 0.316. The normalized spacial score (nSPS) is 9.83. The van der Waals surface area contributed by atoms with Gasteiger partial charge in [-0.1, -0.05) is 15.9 Å². The van der Waals surface area contributed by atoms with Crippen molar-refractivity contribution in [3.05, 3.63) is 26.6 Å². The summed E-state index contributed by atoms with van der Waals surface area (Å²) >= 11 is 6.42. The lowest BCUT2D eigenvalue weighted by Crippen LogP contribution is -2.13. The van der Waals surface area contributed by atoms with Crippen LogP contribution in [0.5, 0.6) is 0 Å². The Morgan fingerprint density at radius 3 is 2.42 bits per heavy atom. The van der Waals surface area contributed by atoms with Gasteiger partial charge in [0, 0.05) is 8.95 Å². The van der Waals surface area contributed by atoms with Crippen LogP contribution in [0.15, 0.2) is 21.1 Å². The van der Waals surface area contributed by atoms with Crippen molar-refractivity contribution in [2.75, 3.05) is 5.73 Å². The van der Waals surface area contributed by atoms with Crippen LogP contribution in [-0.4, -0.2) is 5.91 Å². The highest BCUT2D eigenvalue weighted by Gasteiger charge is 2.09. The van der Waals surface area contributed by atoms with Crippen LogP contribution in [0.2, 0.25) is 0 Å². The Hall–Kier alpha value is -0.550. The summed E-state index contributed by atoms with van der Waals surface area (Å²) in [6.45, 7) is 0. The van der Waals surface area contributed by atoms with Crippen LogP contribution in [0.3, 0.4) is 0 Å². The third-order valence-electron chi connectivity index (χ3n) is 1.36. The van der Waals surface area contributed by atoms with Crippen molar-refractivity contribution in [1.82, 2.24) is 0 Å². The maximum Gasteiger partial charge on any atom is 0.250 e. The molecule has 0 atom stereocenters.